The van der Waals surface area contributed by atoms with Gasteiger partial charge in [-0.2, -0.15) is 0 Å². The van der Waals surface area contributed by atoms with E-state index in [0.29, 0.717) is 0 Å². The number of hydrogen-bond donors (Lipinski definition) is 6. The van der Waals surface area contributed by atoms with E-state index in [1.165, 1.54) is 0 Å². The highest BCUT2D eigenvalue weighted by atomic mass is 15.2. The summed E-state index contributed by atoms with van der Waals surface area (Å²) in [4.78, 5) is 0. The van der Waals surface area contributed by atoms with Crippen molar-refractivity contribution in [2.45, 2.75) is 40.0 Å². The van der Waals surface area contributed by atoms with Crippen LogP contribution in [0.25, 0.3) is 0 Å². The molecule has 0 aromatic heterocycles. The Bertz CT molecular complexity index is 171. The zero-order chi connectivity index (χ0) is 13.2. The fraction of sp³-hybridized carbons (Fsp3) is 1.00. The molecule has 0 atom stereocenters. The molecule has 1 aliphatic rings. The molecule has 0 aliphatic carbocycles. The monoisotopic (exact) mass is 252 g/mol. The molecule has 102 valence electrons. The lowest BCUT2D eigenvalue weighted by Crippen LogP contribution is -2.84. The van der Waals surface area contributed by atoms with Crippen molar-refractivity contribution < 1.29 is 0 Å². The van der Waals surface area contributed by atoms with E-state index in [1.807, 2.05) is 0 Å². The summed E-state index contributed by atoms with van der Waals surface area (Å²) in [5.74, 6) is 0. The third kappa shape index (κ3) is 6.22. The van der Waals surface area contributed by atoms with Gasteiger partial charge in [-0.1, -0.05) is 20.8 Å². The zero-order valence-electron chi connectivity index (χ0n) is 12.0. The molecular weight excluding hydrogens is 225 g/mol. The molecule has 0 bridgehead atoms. The van der Waals surface area contributed by atoms with E-state index in [1.54, 1.807) is 0 Å². The van der Waals surface area contributed by atoms with Crippen molar-refractivity contribution in [1.29, 1.82) is 0 Å². The van der Waals surface area contributed by atoms with E-state index in [4.69, 9.17) is 0 Å². The maximum Gasteiger partial charge on any atom is 0.376 e. The second kappa shape index (κ2) is 9.83. The van der Waals surface area contributed by atoms with Gasteiger partial charge in [0.05, 0.1) is 0 Å². The first-order chi connectivity index (χ1) is 8.80. The van der Waals surface area contributed by atoms with E-state index in [2.05, 4.69) is 51.9 Å². The molecule has 1 heterocycles. The van der Waals surface area contributed by atoms with Gasteiger partial charge >= 0.3 is 21.4 Å². The van der Waals surface area contributed by atoms with Crippen LogP contribution in [0.3, 0.4) is 0 Å². The highest BCUT2D eigenvalue weighted by Crippen LogP contribution is 1.83. The molecule has 0 unspecified atom stereocenters. The molecule has 18 heavy (non-hydrogen) atoms. The Morgan fingerprint density at radius 1 is 0.611 bits per heavy atom. The number of hydrogen-bond acceptors (Lipinski definition) is 6. The second-order valence-corrected chi connectivity index (χ2v) is 4.66. The lowest BCUT2D eigenvalue weighted by molar-refractivity contribution is 0.783. The van der Waals surface area contributed by atoms with Gasteiger partial charge in [0.15, 0.2) is 0 Å². The first kappa shape index (κ1) is 16.0. The van der Waals surface area contributed by atoms with Gasteiger partial charge in [0.2, 0.25) is 0 Å². The lowest BCUT2D eigenvalue weighted by Gasteiger charge is -2.33. The molecule has 1 saturated heterocycles. The number of rotatable bonds is 9. The first-order valence-corrected chi connectivity index (χ1v) is 7.28. The minimum absolute atomic E-state index is 0.134. The quantitative estimate of drug-likeness (QED) is 0.287. The Labute approximate surface area is 113 Å². The summed E-state index contributed by atoms with van der Waals surface area (Å²) in [6, 6.07) is 0. The standard InChI is InChI=1S/C9H27B3N6/c1-4-7-13-10-16-11(14-8-5-2)18-12(17-10)15-9-6-3/h13-18H,4-9H2,1-3H3. The Kier molecular flexibility index (Phi) is 8.74. The van der Waals surface area contributed by atoms with Crippen molar-refractivity contribution >= 4 is 21.4 Å². The van der Waals surface area contributed by atoms with Crippen LogP contribution in [0.15, 0.2) is 0 Å². The molecule has 1 rings (SSSR count). The van der Waals surface area contributed by atoms with Gasteiger partial charge in [-0.25, -0.2) is 0 Å². The van der Waals surface area contributed by atoms with Crippen LogP contribution in [-0.2, 0) is 0 Å². The van der Waals surface area contributed by atoms with Crippen LogP contribution in [0.4, 0.5) is 0 Å². The summed E-state index contributed by atoms with van der Waals surface area (Å²) in [6.45, 7) is 9.54. The van der Waals surface area contributed by atoms with Crippen LogP contribution in [-0.4, -0.2) is 41.0 Å². The van der Waals surface area contributed by atoms with Crippen LogP contribution in [0.1, 0.15) is 40.0 Å². The fourth-order valence-electron chi connectivity index (χ4n) is 1.86. The predicted octanol–water partition coefficient (Wildman–Crippen LogP) is -1.28. The van der Waals surface area contributed by atoms with E-state index >= 15 is 0 Å². The minimum Gasteiger partial charge on any atom is -0.342 e. The van der Waals surface area contributed by atoms with Crippen molar-refractivity contribution in [2.75, 3.05) is 19.6 Å². The summed E-state index contributed by atoms with van der Waals surface area (Å²) in [7, 11) is 0.403. The average molecular weight is 252 g/mol. The SMILES string of the molecule is CCCNB1NB(NCCC)NB(NCCC)N1. The van der Waals surface area contributed by atoms with Gasteiger partial charge < -0.3 is 31.1 Å². The van der Waals surface area contributed by atoms with Gasteiger partial charge in [0, 0.05) is 0 Å². The third-order valence-electron chi connectivity index (χ3n) is 2.80. The molecule has 0 saturated carbocycles. The lowest BCUT2D eigenvalue weighted by atomic mass is 9.64. The van der Waals surface area contributed by atoms with Crippen LogP contribution < -0.4 is 31.1 Å². The summed E-state index contributed by atoms with van der Waals surface area (Å²) >= 11 is 0. The van der Waals surface area contributed by atoms with E-state index in [0.717, 1.165) is 38.9 Å². The first-order valence-electron chi connectivity index (χ1n) is 7.28. The van der Waals surface area contributed by atoms with Gasteiger partial charge in [0.1, 0.15) is 0 Å². The molecule has 6 nitrogen and oxygen atoms in total. The highest BCUT2D eigenvalue weighted by molar-refractivity contribution is 6.84. The summed E-state index contributed by atoms with van der Waals surface area (Å²) in [5, 5.41) is 20.7. The smallest absolute Gasteiger partial charge is 0.342 e. The normalized spacial score (nSPS) is 16.5. The Morgan fingerprint density at radius 3 is 1.11 bits per heavy atom. The summed E-state index contributed by atoms with van der Waals surface area (Å²) < 4.78 is 0. The molecule has 0 amide bonds. The van der Waals surface area contributed by atoms with Crippen molar-refractivity contribution in [1.82, 2.24) is 31.1 Å². The van der Waals surface area contributed by atoms with E-state index in [-0.39, 0.29) is 21.4 Å². The maximum absolute atomic E-state index is 3.45. The van der Waals surface area contributed by atoms with Gasteiger partial charge in [-0.15, -0.1) is 0 Å². The molecule has 0 aromatic carbocycles. The fourth-order valence-corrected chi connectivity index (χ4v) is 1.86. The molecule has 1 aliphatic heterocycles. The molecule has 0 spiro atoms. The summed E-state index contributed by atoms with van der Waals surface area (Å²) in [5.41, 5.74) is 0. The van der Waals surface area contributed by atoms with Crippen molar-refractivity contribution in [3.05, 3.63) is 0 Å². The molecule has 0 aromatic rings. The van der Waals surface area contributed by atoms with Crippen molar-refractivity contribution in [2.24, 2.45) is 0 Å². The second-order valence-electron chi connectivity index (χ2n) is 4.66. The van der Waals surface area contributed by atoms with Gasteiger partial charge in [0.25, 0.3) is 0 Å². The predicted molar refractivity (Wildman–Crippen MR) is 81.6 cm³/mol. The van der Waals surface area contributed by atoms with Gasteiger partial charge in [-0.3, -0.25) is 0 Å². The van der Waals surface area contributed by atoms with Crippen LogP contribution in [0.2, 0.25) is 0 Å². The van der Waals surface area contributed by atoms with Crippen molar-refractivity contribution in [3.8, 4) is 0 Å². The van der Waals surface area contributed by atoms with E-state index < -0.39 is 0 Å². The van der Waals surface area contributed by atoms with Gasteiger partial charge in [-0.05, 0) is 38.9 Å². The molecule has 0 radical (unpaired) electrons. The zero-order valence-corrected chi connectivity index (χ0v) is 12.0. The van der Waals surface area contributed by atoms with E-state index in [9.17, 15) is 0 Å². The molecule has 1 fully saturated rings. The Hall–Kier alpha value is -0.0452. The van der Waals surface area contributed by atoms with Crippen LogP contribution >= 0.6 is 0 Å². The Morgan fingerprint density at radius 2 is 0.889 bits per heavy atom. The van der Waals surface area contributed by atoms with Crippen LogP contribution in [0, 0.1) is 0 Å². The molecule has 9 heteroatoms. The van der Waals surface area contributed by atoms with Crippen molar-refractivity contribution in [3.63, 3.8) is 0 Å². The van der Waals surface area contributed by atoms with Crippen LogP contribution in [0.5, 0.6) is 0 Å². The molecule has 6 N–H and O–H groups in total. The average Bonchev–Trinajstić information content (AvgIpc) is 2.40. The maximum atomic E-state index is 3.45. The highest BCUT2D eigenvalue weighted by Gasteiger charge is 2.35. The third-order valence-corrected chi connectivity index (χ3v) is 2.80. The topological polar surface area (TPSA) is 72.2 Å². The largest absolute Gasteiger partial charge is 0.376 e. The summed E-state index contributed by atoms with van der Waals surface area (Å²) in [6.07, 6.45) is 3.40. The molecular formula is C9H27B3N6. The number of nitrogens with one attached hydrogen (secondary N) is 6. The minimum atomic E-state index is 0.134. The Balaban J connectivity index is 2.38.